The topological polar surface area (TPSA) is 53.5 Å². The summed E-state index contributed by atoms with van der Waals surface area (Å²) in [5.74, 6) is 0.801. The highest BCUT2D eigenvalue weighted by Gasteiger charge is 2.12. The summed E-state index contributed by atoms with van der Waals surface area (Å²) in [4.78, 5) is 13.5. The number of nitrogens with zero attached hydrogens (tertiary/aromatic N) is 4. The number of anilines is 1. The first-order valence-electron chi connectivity index (χ1n) is 7.73. The van der Waals surface area contributed by atoms with Crippen molar-refractivity contribution in [3.8, 4) is 0 Å². The van der Waals surface area contributed by atoms with Gasteiger partial charge in [-0.3, -0.25) is 0 Å². The standard InChI is InChI=1S/C15H27N5O/c1-19(8-9-20-6-3-4-7-20)15-17-12-14(13-18-15)11-16-5-10-21-2/h12-13,16H,3-11H2,1-2H3. The van der Waals surface area contributed by atoms with Crippen molar-refractivity contribution >= 4 is 5.95 Å². The number of rotatable bonds is 9. The fourth-order valence-electron chi connectivity index (χ4n) is 2.44. The highest BCUT2D eigenvalue weighted by atomic mass is 16.5. The molecule has 1 aliphatic heterocycles. The third-order valence-electron chi connectivity index (χ3n) is 3.80. The Morgan fingerprint density at radius 2 is 2.00 bits per heavy atom. The first-order chi connectivity index (χ1) is 10.3. The van der Waals surface area contributed by atoms with Crippen LogP contribution in [0.5, 0.6) is 0 Å². The van der Waals surface area contributed by atoms with Gasteiger partial charge in [0.15, 0.2) is 0 Å². The third-order valence-corrected chi connectivity index (χ3v) is 3.80. The van der Waals surface area contributed by atoms with Crippen LogP contribution in [0, 0.1) is 0 Å². The number of nitrogens with one attached hydrogen (secondary N) is 1. The summed E-state index contributed by atoms with van der Waals surface area (Å²) in [6.45, 7) is 6.89. The molecule has 2 rings (SSSR count). The second-order valence-electron chi connectivity index (χ2n) is 5.53. The minimum Gasteiger partial charge on any atom is -0.383 e. The summed E-state index contributed by atoms with van der Waals surface area (Å²) in [5, 5.41) is 3.29. The van der Waals surface area contributed by atoms with E-state index in [0.717, 1.165) is 44.3 Å². The monoisotopic (exact) mass is 293 g/mol. The molecule has 0 aromatic carbocycles. The van der Waals surface area contributed by atoms with Gasteiger partial charge < -0.3 is 19.9 Å². The van der Waals surface area contributed by atoms with Crippen molar-refractivity contribution in [3.05, 3.63) is 18.0 Å². The van der Waals surface area contributed by atoms with Crippen molar-refractivity contribution in [1.29, 1.82) is 0 Å². The van der Waals surface area contributed by atoms with E-state index in [0.29, 0.717) is 0 Å². The minimum atomic E-state index is 0.720. The van der Waals surface area contributed by atoms with Crippen molar-refractivity contribution in [3.63, 3.8) is 0 Å². The number of ether oxygens (including phenoxy) is 1. The van der Waals surface area contributed by atoms with E-state index in [4.69, 9.17) is 4.74 Å². The fraction of sp³-hybridized carbons (Fsp3) is 0.733. The maximum absolute atomic E-state index is 5.00. The van der Waals surface area contributed by atoms with E-state index >= 15 is 0 Å². The molecule has 1 aliphatic rings. The van der Waals surface area contributed by atoms with Crippen molar-refractivity contribution in [2.75, 3.05) is 58.4 Å². The number of likely N-dealkylation sites (tertiary alicyclic amines) is 1. The Kier molecular flexibility index (Phi) is 6.85. The quantitative estimate of drug-likeness (QED) is 0.678. The summed E-state index contributed by atoms with van der Waals surface area (Å²) in [5.41, 5.74) is 1.10. The van der Waals surface area contributed by atoms with Crippen molar-refractivity contribution < 1.29 is 4.74 Å². The van der Waals surface area contributed by atoms with Gasteiger partial charge in [0, 0.05) is 58.3 Å². The molecule has 0 atom stereocenters. The van der Waals surface area contributed by atoms with Crippen LogP contribution in [0.4, 0.5) is 5.95 Å². The number of aromatic nitrogens is 2. The van der Waals surface area contributed by atoms with Crippen molar-refractivity contribution in [1.82, 2.24) is 20.2 Å². The molecule has 0 bridgehead atoms. The third kappa shape index (κ3) is 5.57. The molecule has 1 saturated heterocycles. The van der Waals surface area contributed by atoms with Gasteiger partial charge in [-0.25, -0.2) is 9.97 Å². The van der Waals surface area contributed by atoms with Crippen molar-refractivity contribution in [2.45, 2.75) is 19.4 Å². The molecule has 0 spiro atoms. The van der Waals surface area contributed by atoms with Gasteiger partial charge in [0.05, 0.1) is 6.61 Å². The minimum absolute atomic E-state index is 0.720. The lowest BCUT2D eigenvalue weighted by molar-refractivity contribution is 0.199. The van der Waals surface area contributed by atoms with Gasteiger partial charge in [-0.15, -0.1) is 0 Å². The predicted molar refractivity (Wildman–Crippen MR) is 84.6 cm³/mol. The fourth-order valence-corrected chi connectivity index (χ4v) is 2.44. The molecule has 6 heteroatoms. The Balaban J connectivity index is 1.72. The molecule has 118 valence electrons. The number of hydrogen-bond donors (Lipinski definition) is 1. The molecule has 0 aliphatic carbocycles. The SMILES string of the molecule is COCCNCc1cnc(N(C)CCN2CCCC2)nc1. The first-order valence-corrected chi connectivity index (χ1v) is 7.73. The van der Waals surface area contributed by atoms with Gasteiger partial charge >= 0.3 is 0 Å². The maximum atomic E-state index is 5.00. The summed E-state index contributed by atoms with van der Waals surface area (Å²) >= 11 is 0. The second-order valence-corrected chi connectivity index (χ2v) is 5.53. The lowest BCUT2D eigenvalue weighted by Gasteiger charge is -2.21. The van der Waals surface area contributed by atoms with Gasteiger partial charge in [-0.1, -0.05) is 0 Å². The lowest BCUT2D eigenvalue weighted by atomic mass is 10.3. The van der Waals surface area contributed by atoms with Gasteiger partial charge in [-0.05, 0) is 25.9 Å². The average molecular weight is 293 g/mol. The van der Waals surface area contributed by atoms with Crippen LogP contribution >= 0.6 is 0 Å². The number of methoxy groups -OCH3 is 1. The highest BCUT2D eigenvalue weighted by Crippen LogP contribution is 2.09. The van der Waals surface area contributed by atoms with Crippen LogP contribution < -0.4 is 10.2 Å². The van der Waals surface area contributed by atoms with Crippen LogP contribution in [0.15, 0.2) is 12.4 Å². The Morgan fingerprint density at radius 3 is 2.67 bits per heavy atom. The van der Waals surface area contributed by atoms with Crippen LogP contribution in [0.1, 0.15) is 18.4 Å². The zero-order valence-corrected chi connectivity index (χ0v) is 13.2. The normalized spacial score (nSPS) is 15.5. The molecular formula is C15H27N5O. The smallest absolute Gasteiger partial charge is 0.225 e. The Bertz CT molecular complexity index is 392. The summed E-state index contributed by atoms with van der Waals surface area (Å²) in [6.07, 6.45) is 6.47. The molecule has 21 heavy (non-hydrogen) atoms. The predicted octanol–water partition coefficient (Wildman–Crippen LogP) is 0.745. The van der Waals surface area contributed by atoms with Gasteiger partial charge in [0.2, 0.25) is 5.95 Å². The first kappa shape index (κ1) is 16.1. The largest absolute Gasteiger partial charge is 0.383 e. The molecule has 6 nitrogen and oxygen atoms in total. The van der Waals surface area contributed by atoms with Crippen LogP contribution in [-0.4, -0.2) is 68.4 Å². The van der Waals surface area contributed by atoms with Gasteiger partial charge in [0.25, 0.3) is 0 Å². The van der Waals surface area contributed by atoms with Gasteiger partial charge in [-0.2, -0.15) is 0 Å². The summed E-state index contributed by atoms with van der Waals surface area (Å²) < 4.78 is 5.00. The van der Waals surface area contributed by atoms with E-state index in [9.17, 15) is 0 Å². The number of hydrogen-bond acceptors (Lipinski definition) is 6. The van der Waals surface area contributed by atoms with Crippen LogP contribution in [0.25, 0.3) is 0 Å². The van der Waals surface area contributed by atoms with Crippen LogP contribution in [0.3, 0.4) is 0 Å². The molecule has 0 saturated carbocycles. The van der Waals surface area contributed by atoms with Gasteiger partial charge in [0.1, 0.15) is 0 Å². The lowest BCUT2D eigenvalue weighted by Crippen LogP contribution is -2.32. The van der Waals surface area contributed by atoms with E-state index in [1.54, 1.807) is 7.11 Å². The molecule has 2 heterocycles. The van der Waals surface area contributed by atoms with Crippen LogP contribution in [0.2, 0.25) is 0 Å². The van der Waals surface area contributed by atoms with E-state index in [1.807, 2.05) is 12.4 Å². The van der Waals surface area contributed by atoms with Crippen molar-refractivity contribution in [2.24, 2.45) is 0 Å². The molecule has 1 N–H and O–H groups in total. The zero-order chi connectivity index (χ0) is 14.9. The number of likely N-dealkylation sites (N-methyl/N-ethyl adjacent to an activating group) is 1. The van der Waals surface area contributed by atoms with E-state index < -0.39 is 0 Å². The molecule has 0 unspecified atom stereocenters. The summed E-state index contributed by atoms with van der Waals surface area (Å²) in [6, 6.07) is 0. The Labute approximate surface area is 127 Å². The van der Waals surface area contributed by atoms with E-state index in [1.165, 1.54) is 25.9 Å². The second kappa shape index (κ2) is 8.92. The molecule has 1 fully saturated rings. The molecule has 1 aromatic heterocycles. The molecule has 0 amide bonds. The molecular weight excluding hydrogens is 266 g/mol. The Hall–Kier alpha value is -1.24. The van der Waals surface area contributed by atoms with Crippen LogP contribution in [-0.2, 0) is 11.3 Å². The highest BCUT2D eigenvalue weighted by molar-refractivity contribution is 5.28. The molecule has 0 radical (unpaired) electrons. The average Bonchev–Trinajstić information content (AvgIpc) is 3.03. The zero-order valence-electron chi connectivity index (χ0n) is 13.2. The Morgan fingerprint density at radius 1 is 1.29 bits per heavy atom. The molecule has 1 aromatic rings. The van der Waals surface area contributed by atoms with E-state index in [-0.39, 0.29) is 0 Å². The maximum Gasteiger partial charge on any atom is 0.225 e. The summed E-state index contributed by atoms with van der Waals surface area (Å²) in [7, 11) is 3.76. The van der Waals surface area contributed by atoms with E-state index in [2.05, 4.69) is 32.1 Å².